The van der Waals surface area contributed by atoms with Crippen LogP contribution in [-0.2, 0) is 14.8 Å². The molecule has 1 N–H and O–H groups in total. The molecule has 5 rings (SSSR count). The van der Waals surface area contributed by atoms with Gasteiger partial charge in [-0.05, 0) is 36.8 Å². The van der Waals surface area contributed by atoms with Gasteiger partial charge in [0.25, 0.3) is 10.0 Å². The van der Waals surface area contributed by atoms with Crippen LogP contribution in [0.3, 0.4) is 0 Å². The van der Waals surface area contributed by atoms with E-state index in [1.807, 2.05) is 0 Å². The number of fused-ring (bicyclic) bond motifs is 2. The average molecular weight is 446 g/mol. The summed E-state index contributed by atoms with van der Waals surface area (Å²) in [7, 11) is -3.84. The van der Waals surface area contributed by atoms with Gasteiger partial charge in [0.15, 0.2) is 16.6 Å². The fraction of sp³-hybridized carbons (Fsp3) is 0.524. The molecule has 0 radical (unpaired) electrons. The van der Waals surface area contributed by atoms with Crippen molar-refractivity contribution in [2.45, 2.75) is 44.6 Å². The number of allylic oxidation sites excluding steroid dienone is 2. The van der Waals surface area contributed by atoms with Gasteiger partial charge in [-0.1, -0.05) is 13.8 Å². The standard InChI is InChI=1S/C21H24FN5O3S/c1-20(2)9-15-18(16(28)10-20)21(14-12-24-26-19(14)25-15)5-7-27(8-6-21)31(29,30)17-4-3-13(22)11-23-17/h3-4,11,25H,5-10,12H2,1-2H3. The molecule has 1 spiro atoms. The number of Topliss-reactive ketones (excluding diaryl/α,β-unsaturated/α-hetero) is 1. The molecule has 0 aromatic carbocycles. The summed E-state index contributed by atoms with van der Waals surface area (Å²) in [4.78, 5) is 17.0. The topological polar surface area (TPSA) is 104 Å². The number of rotatable bonds is 2. The minimum Gasteiger partial charge on any atom is -0.342 e. The lowest BCUT2D eigenvalue weighted by Gasteiger charge is -2.48. The number of sulfonamides is 1. The third-order valence-corrected chi connectivity index (χ3v) is 8.58. The Balaban J connectivity index is 1.49. The van der Waals surface area contributed by atoms with Crippen molar-refractivity contribution in [1.29, 1.82) is 0 Å². The molecule has 0 saturated carbocycles. The fourth-order valence-corrected chi connectivity index (χ4v) is 6.73. The molecule has 4 aliphatic rings. The Labute approximate surface area is 180 Å². The van der Waals surface area contributed by atoms with Crippen LogP contribution < -0.4 is 5.32 Å². The van der Waals surface area contributed by atoms with Crippen LogP contribution in [-0.4, -0.2) is 43.1 Å². The summed E-state index contributed by atoms with van der Waals surface area (Å²) in [6.45, 7) is 5.06. The molecular weight excluding hydrogens is 421 g/mol. The number of dihydropyridines is 1. The zero-order chi connectivity index (χ0) is 22.0. The predicted octanol–water partition coefficient (Wildman–Crippen LogP) is 2.92. The molecule has 31 heavy (non-hydrogen) atoms. The van der Waals surface area contributed by atoms with Crippen LogP contribution in [0.2, 0.25) is 0 Å². The first kappa shape index (κ1) is 20.4. The molecule has 0 bridgehead atoms. The molecule has 10 heteroatoms. The molecule has 8 nitrogen and oxygen atoms in total. The van der Waals surface area contributed by atoms with E-state index in [1.54, 1.807) is 0 Å². The Morgan fingerprint density at radius 1 is 1.16 bits per heavy atom. The summed E-state index contributed by atoms with van der Waals surface area (Å²) in [5, 5.41) is 11.6. The quantitative estimate of drug-likeness (QED) is 0.754. The zero-order valence-corrected chi connectivity index (χ0v) is 18.3. The lowest BCUT2D eigenvalue weighted by molar-refractivity contribution is -0.119. The minimum absolute atomic E-state index is 0.119. The Morgan fingerprint density at radius 2 is 1.90 bits per heavy atom. The van der Waals surface area contributed by atoms with Crippen LogP contribution >= 0.6 is 0 Å². The zero-order valence-electron chi connectivity index (χ0n) is 17.5. The third-order valence-electron chi connectivity index (χ3n) is 6.77. The molecule has 1 aromatic heterocycles. The first-order valence-corrected chi connectivity index (χ1v) is 11.8. The van der Waals surface area contributed by atoms with E-state index in [9.17, 15) is 17.6 Å². The fourth-order valence-electron chi connectivity index (χ4n) is 5.37. The number of carbonyl (C=O) groups excluding carboxylic acids is 1. The number of halogens is 1. The van der Waals surface area contributed by atoms with Crippen LogP contribution in [0.5, 0.6) is 0 Å². The maximum atomic E-state index is 13.3. The number of pyridine rings is 1. The van der Waals surface area contributed by atoms with Crippen molar-refractivity contribution < 1.29 is 17.6 Å². The summed E-state index contributed by atoms with van der Waals surface area (Å²) >= 11 is 0. The molecule has 1 saturated heterocycles. The molecular formula is C21H24FN5O3S. The molecule has 1 aliphatic carbocycles. The van der Waals surface area contributed by atoms with Gasteiger partial charge in [-0.2, -0.15) is 9.42 Å². The van der Waals surface area contributed by atoms with E-state index >= 15 is 0 Å². The van der Waals surface area contributed by atoms with Crippen LogP contribution in [0.1, 0.15) is 39.5 Å². The van der Waals surface area contributed by atoms with Crippen molar-refractivity contribution in [2.24, 2.45) is 21.1 Å². The minimum atomic E-state index is -3.84. The Kier molecular flexibility index (Phi) is 4.46. The lowest BCUT2D eigenvalue weighted by atomic mass is 9.60. The van der Waals surface area contributed by atoms with Crippen molar-refractivity contribution in [1.82, 2.24) is 14.6 Å². The second-order valence-corrected chi connectivity index (χ2v) is 11.3. The van der Waals surface area contributed by atoms with Gasteiger partial charge >= 0.3 is 0 Å². The van der Waals surface area contributed by atoms with Gasteiger partial charge in [0, 0.05) is 41.8 Å². The largest absolute Gasteiger partial charge is 0.342 e. The first-order chi connectivity index (χ1) is 14.6. The smallest absolute Gasteiger partial charge is 0.260 e. The monoisotopic (exact) mass is 445 g/mol. The summed E-state index contributed by atoms with van der Waals surface area (Å²) < 4.78 is 40.6. The van der Waals surface area contributed by atoms with Crippen molar-refractivity contribution in [3.05, 3.63) is 46.8 Å². The number of hydrogen-bond acceptors (Lipinski definition) is 7. The number of nitrogens with one attached hydrogen (secondary N) is 1. The number of aromatic nitrogens is 1. The molecule has 0 amide bonds. The number of hydrogen-bond donors (Lipinski definition) is 1. The van der Waals surface area contributed by atoms with Crippen LogP contribution in [0.15, 0.2) is 56.2 Å². The first-order valence-electron chi connectivity index (χ1n) is 10.4. The summed E-state index contributed by atoms with van der Waals surface area (Å²) in [6, 6.07) is 2.28. The molecule has 164 valence electrons. The van der Waals surface area contributed by atoms with E-state index < -0.39 is 21.3 Å². The normalized spacial score (nSPS) is 24.9. The molecule has 1 aromatic rings. The van der Waals surface area contributed by atoms with E-state index in [0.717, 1.165) is 35.5 Å². The number of piperidine rings is 1. The van der Waals surface area contributed by atoms with Gasteiger partial charge in [0.1, 0.15) is 5.82 Å². The van der Waals surface area contributed by atoms with Gasteiger partial charge in [-0.25, -0.2) is 17.8 Å². The number of azo groups is 1. The van der Waals surface area contributed by atoms with Crippen molar-refractivity contribution >= 4 is 15.8 Å². The summed E-state index contributed by atoms with van der Waals surface area (Å²) in [6.07, 6.45) is 3.06. The molecule has 4 heterocycles. The van der Waals surface area contributed by atoms with E-state index in [-0.39, 0.29) is 29.3 Å². The van der Waals surface area contributed by atoms with Crippen LogP contribution in [0, 0.1) is 16.6 Å². The second kappa shape index (κ2) is 6.77. The number of carbonyl (C=O) groups is 1. The molecule has 0 unspecified atom stereocenters. The molecule has 0 atom stereocenters. The highest BCUT2D eigenvalue weighted by molar-refractivity contribution is 7.89. The van der Waals surface area contributed by atoms with E-state index in [2.05, 4.69) is 34.4 Å². The van der Waals surface area contributed by atoms with Gasteiger partial charge in [-0.3, -0.25) is 4.79 Å². The van der Waals surface area contributed by atoms with Gasteiger partial charge < -0.3 is 5.32 Å². The molecule has 3 aliphatic heterocycles. The molecule has 1 fully saturated rings. The predicted molar refractivity (Wildman–Crippen MR) is 110 cm³/mol. The van der Waals surface area contributed by atoms with Gasteiger partial charge in [0.2, 0.25) is 0 Å². The van der Waals surface area contributed by atoms with E-state index in [1.165, 1.54) is 10.4 Å². The average Bonchev–Trinajstić information content (AvgIpc) is 3.16. The Bertz CT molecular complexity index is 1160. The highest BCUT2D eigenvalue weighted by atomic mass is 32.2. The highest BCUT2D eigenvalue weighted by Gasteiger charge is 2.53. The number of nitrogens with zero attached hydrogens (tertiary/aromatic N) is 4. The van der Waals surface area contributed by atoms with Gasteiger partial charge in [0.05, 0.1) is 12.7 Å². The highest BCUT2D eigenvalue weighted by Crippen LogP contribution is 2.55. The lowest BCUT2D eigenvalue weighted by Crippen LogP contribution is -2.50. The summed E-state index contributed by atoms with van der Waals surface area (Å²) in [5.74, 6) is 0.243. The maximum absolute atomic E-state index is 13.3. The van der Waals surface area contributed by atoms with Gasteiger partial charge in [-0.15, -0.1) is 5.11 Å². The Hall–Kier alpha value is -2.46. The Morgan fingerprint density at radius 3 is 2.58 bits per heavy atom. The number of ketones is 1. The van der Waals surface area contributed by atoms with E-state index in [0.29, 0.717) is 31.6 Å². The SMILES string of the molecule is CC1(C)CC(=O)C2=C(C1)NC1=C(CN=N1)C21CCN(S(=O)(=O)c2ccc(F)cn2)CC1. The van der Waals surface area contributed by atoms with E-state index in [4.69, 9.17) is 0 Å². The van der Waals surface area contributed by atoms with Crippen molar-refractivity contribution in [3.63, 3.8) is 0 Å². The maximum Gasteiger partial charge on any atom is 0.260 e. The van der Waals surface area contributed by atoms with Crippen molar-refractivity contribution in [2.75, 3.05) is 19.6 Å². The second-order valence-electron chi connectivity index (χ2n) is 9.45. The third kappa shape index (κ3) is 3.15. The van der Waals surface area contributed by atoms with Crippen LogP contribution in [0.4, 0.5) is 4.39 Å². The van der Waals surface area contributed by atoms with Crippen molar-refractivity contribution in [3.8, 4) is 0 Å². The van der Waals surface area contributed by atoms with Crippen LogP contribution in [0.25, 0.3) is 0 Å². The summed E-state index contributed by atoms with van der Waals surface area (Å²) in [5.41, 5.74) is 1.98.